The van der Waals surface area contributed by atoms with E-state index in [2.05, 4.69) is 314 Å². The van der Waals surface area contributed by atoms with Gasteiger partial charge in [-0.25, -0.2) is 34.9 Å². The summed E-state index contributed by atoms with van der Waals surface area (Å²) in [5.74, 6) is 1.63. The lowest BCUT2D eigenvalue weighted by Gasteiger charge is -2.12. The lowest BCUT2D eigenvalue weighted by Crippen LogP contribution is -1.93. The lowest BCUT2D eigenvalue weighted by molar-refractivity contribution is 1.09. The molecule has 23 rings (SSSR count). The number of para-hydroxylation sites is 9. The van der Waals surface area contributed by atoms with Gasteiger partial charge in [0.1, 0.15) is 17.3 Å². The first kappa shape index (κ1) is 81.0. The highest BCUT2D eigenvalue weighted by Crippen LogP contribution is 2.38. The number of rotatable bonds is 4. The average Bonchev–Trinajstić information content (AvgIpc) is 1.62. The topological polar surface area (TPSA) is 146 Å². The number of aromatic nitrogens is 12. The quantitative estimate of drug-likeness (QED) is 0.155. The molecule has 123 heavy (non-hydrogen) atoms. The fourth-order valence-electron chi connectivity index (χ4n) is 15.1. The standard InChI is InChI=1S/C24H16N2.2C16H13N.C15H12N2.C12H11N.C10H9N.2C9H8N2/c1-15-10-13-21-19(14-15)23-17-7-3-2-6-16(17)11-12-18(23)24-25-20-8-4-5-9-22(20)26(21)24;1-12-7-9-13(10-8-12)15-6-2-4-14-5-3-11-17-16(14)15;1-12-11-16(13-7-3-2-4-8-13)17-15-10-6-5-9-14(12)15;1-11-16-14-10-6-5-9-13(14)15(17-11)12-7-3-2-4-8-12;1-10-5-7-11(8-6-10)12-4-2-3-9-13-12;1-8-4-2-5-9-6-3-7-11-10(8)9;1-7-10-6-8-4-2-3-5-9(8)11-7;1-7-6-10-8-4-2-3-5-9(8)11-7/h2-14H,1H3;2*2-11H,1H3;2-10H,1H3;2-9H,1H3;2-7H,1H3;2*2-6H,1H3. The largest absolute Gasteiger partial charge is 0.292 e. The number of pyridine rings is 5. The summed E-state index contributed by atoms with van der Waals surface area (Å²) in [5, 5.41) is 12.2. The van der Waals surface area contributed by atoms with Gasteiger partial charge in [-0.15, -0.1) is 0 Å². The van der Waals surface area contributed by atoms with Crippen molar-refractivity contribution in [2.45, 2.75) is 55.4 Å². The fraction of sp³-hybridized carbons (Fsp3) is 0.0721. The van der Waals surface area contributed by atoms with Gasteiger partial charge in [-0.2, -0.15) is 0 Å². The molecule has 12 nitrogen and oxygen atoms in total. The van der Waals surface area contributed by atoms with Gasteiger partial charge in [0.2, 0.25) is 0 Å². The molecule has 23 aromatic rings. The number of hydrogen-bond acceptors (Lipinski definition) is 11. The zero-order valence-corrected chi connectivity index (χ0v) is 70.0. The summed E-state index contributed by atoms with van der Waals surface area (Å²) in [6, 6.07) is 127. The number of benzene rings is 14. The molecule has 0 fully saturated rings. The van der Waals surface area contributed by atoms with Crippen LogP contribution in [0.25, 0.3) is 160 Å². The number of hydrogen-bond donors (Lipinski definition) is 0. The second-order valence-electron chi connectivity index (χ2n) is 30.2. The van der Waals surface area contributed by atoms with Crippen LogP contribution in [0.5, 0.6) is 0 Å². The first-order valence-electron chi connectivity index (χ1n) is 41.2. The van der Waals surface area contributed by atoms with Gasteiger partial charge in [-0.05, 0) is 174 Å². The van der Waals surface area contributed by atoms with Gasteiger partial charge < -0.3 is 0 Å². The molecular formula is C111H90N12. The minimum Gasteiger partial charge on any atom is -0.292 e. The maximum Gasteiger partial charge on any atom is 0.146 e. The molecule has 12 heteroatoms. The summed E-state index contributed by atoms with van der Waals surface area (Å²) in [6.07, 6.45) is 9.12. The highest BCUT2D eigenvalue weighted by Gasteiger charge is 2.17. The van der Waals surface area contributed by atoms with Crippen LogP contribution in [0.2, 0.25) is 0 Å². The molecule has 0 bridgehead atoms. The molecule has 0 atom stereocenters. The summed E-state index contributed by atoms with van der Waals surface area (Å²) in [5.41, 5.74) is 27.9. The van der Waals surface area contributed by atoms with Crippen LogP contribution in [0.3, 0.4) is 0 Å². The van der Waals surface area contributed by atoms with E-state index in [0.29, 0.717) is 0 Å². The van der Waals surface area contributed by atoms with E-state index in [-0.39, 0.29) is 0 Å². The molecule has 0 aliphatic rings. The van der Waals surface area contributed by atoms with Crippen LogP contribution < -0.4 is 0 Å². The summed E-state index contributed by atoms with van der Waals surface area (Å²) in [6.45, 7) is 16.3. The number of fused-ring (bicyclic) bond motifs is 16. The van der Waals surface area contributed by atoms with Crippen LogP contribution in [-0.4, -0.2) is 59.2 Å². The molecule has 14 aromatic carbocycles. The molecule has 0 unspecified atom stereocenters. The number of nitrogens with zero attached hydrogens (tertiary/aromatic N) is 12. The Labute approximate surface area is 715 Å². The summed E-state index contributed by atoms with van der Waals surface area (Å²) in [7, 11) is 0. The molecule has 0 saturated carbocycles. The highest BCUT2D eigenvalue weighted by molar-refractivity contribution is 6.24. The second kappa shape index (κ2) is 38.3. The minimum atomic E-state index is 0.808. The van der Waals surface area contributed by atoms with Crippen molar-refractivity contribution in [1.29, 1.82) is 0 Å². The first-order chi connectivity index (χ1) is 60.3. The molecule has 0 saturated heterocycles. The number of imidazole rings is 1. The Balaban J connectivity index is 0.000000106. The Bertz CT molecular complexity index is 7490. The van der Waals surface area contributed by atoms with E-state index < -0.39 is 0 Å². The molecule has 0 N–H and O–H groups in total. The van der Waals surface area contributed by atoms with E-state index in [4.69, 9.17) is 9.97 Å². The molecule has 9 heterocycles. The molecule has 0 radical (unpaired) electrons. The molecular weight excluding hydrogens is 1500 g/mol. The van der Waals surface area contributed by atoms with Gasteiger partial charge in [-0.3, -0.25) is 24.3 Å². The zero-order chi connectivity index (χ0) is 84.4. The second-order valence-corrected chi connectivity index (χ2v) is 30.2. The van der Waals surface area contributed by atoms with Gasteiger partial charge in [0.15, 0.2) is 0 Å². The summed E-state index contributed by atoms with van der Waals surface area (Å²) < 4.78 is 2.31. The molecule has 0 aliphatic heterocycles. The van der Waals surface area contributed by atoms with E-state index in [1.54, 1.807) is 6.20 Å². The first-order valence-corrected chi connectivity index (χ1v) is 41.2. The Morgan fingerprint density at radius 2 is 0.772 bits per heavy atom. The van der Waals surface area contributed by atoms with Crippen molar-refractivity contribution in [3.05, 3.63) is 446 Å². The van der Waals surface area contributed by atoms with Crippen molar-refractivity contribution in [2.75, 3.05) is 0 Å². The predicted molar refractivity (Wildman–Crippen MR) is 513 cm³/mol. The summed E-state index contributed by atoms with van der Waals surface area (Å²) in [4.78, 5) is 48.6. The van der Waals surface area contributed by atoms with E-state index in [1.165, 1.54) is 98.7 Å². The van der Waals surface area contributed by atoms with Gasteiger partial charge in [0, 0.05) is 96.3 Å². The molecule has 0 aliphatic carbocycles. The van der Waals surface area contributed by atoms with E-state index >= 15 is 0 Å². The van der Waals surface area contributed by atoms with E-state index in [9.17, 15) is 0 Å². The Hall–Kier alpha value is -15.8. The van der Waals surface area contributed by atoms with Gasteiger partial charge >= 0.3 is 0 Å². The summed E-state index contributed by atoms with van der Waals surface area (Å²) >= 11 is 0. The van der Waals surface area contributed by atoms with Crippen LogP contribution in [0.15, 0.2) is 401 Å². The van der Waals surface area contributed by atoms with Gasteiger partial charge in [0.25, 0.3) is 0 Å². The number of aryl methyl sites for hydroxylation is 8. The highest BCUT2D eigenvalue weighted by atomic mass is 15.0. The normalized spacial score (nSPS) is 10.8. The maximum atomic E-state index is 4.99. The van der Waals surface area contributed by atoms with Crippen molar-refractivity contribution >= 4 is 115 Å². The fourth-order valence-corrected chi connectivity index (χ4v) is 15.1. The van der Waals surface area contributed by atoms with Crippen LogP contribution >= 0.6 is 0 Å². The molecule has 0 amide bonds. The average molecular weight is 1590 g/mol. The Morgan fingerprint density at radius 3 is 1.48 bits per heavy atom. The van der Waals surface area contributed by atoms with Crippen LogP contribution in [0.4, 0.5) is 0 Å². The van der Waals surface area contributed by atoms with Crippen molar-refractivity contribution in [1.82, 2.24) is 59.2 Å². The Kier molecular flexibility index (Phi) is 25.2. The van der Waals surface area contributed by atoms with Crippen LogP contribution in [0, 0.1) is 55.4 Å². The van der Waals surface area contributed by atoms with Crippen molar-refractivity contribution in [3.63, 3.8) is 0 Å². The van der Waals surface area contributed by atoms with Crippen molar-refractivity contribution in [2.24, 2.45) is 0 Å². The molecule has 0 spiro atoms. The molecule has 9 aromatic heterocycles. The third kappa shape index (κ3) is 19.3. The van der Waals surface area contributed by atoms with Gasteiger partial charge in [-0.1, -0.05) is 296 Å². The van der Waals surface area contributed by atoms with Crippen LogP contribution in [0.1, 0.15) is 45.2 Å². The molecule has 594 valence electrons. The monoisotopic (exact) mass is 1590 g/mol. The van der Waals surface area contributed by atoms with E-state index in [1.807, 2.05) is 185 Å². The Morgan fingerprint density at radius 1 is 0.236 bits per heavy atom. The predicted octanol–water partition coefficient (Wildman–Crippen LogP) is 27.8. The van der Waals surface area contributed by atoms with Crippen LogP contribution in [-0.2, 0) is 0 Å². The maximum absolute atomic E-state index is 4.99. The zero-order valence-electron chi connectivity index (χ0n) is 70.0. The van der Waals surface area contributed by atoms with Crippen molar-refractivity contribution in [3.8, 4) is 44.9 Å². The lowest BCUT2D eigenvalue weighted by atomic mass is 9.98. The van der Waals surface area contributed by atoms with E-state index in [0.717, 1.165) is 106 Å². The smallest absolute Gasteiger partial charge is 0.146 e. The SMILES string of the molecule is Cc1cc(-c2ccccc2)nc2ccccc12.Cc1ccc(-c2cccc3cccnc23)cc1.Cc1ccc(-c2ccccn2)cc1.Cc1ccc2c(c1)c1c3ccccc3ccc1c1nc3ccccc3n21.Cc1cccc2cccnc12.Cc1cnc2ccccc2n1.Cc1nc(-c2ccccc2)c2ccccc2n1.Cc1ncc2ccccc2n1. The minimum absolute atomic E-state index is 0.808. The third-order valence-electron chi connectivity index (χ3n) is 21.2. The van der Waals surface area contributed by atoms with Gasteiger partial charge in [0.05, 0.1) is 77.9 Å². The third-order valence-corrected chi connectivity index (χ3v) is 21.2. The van der Waals surface area contributed by atoms with Crippen molar-refractivity contribution < 1.29 is 0 Å².